The van der Waals surface area contributed by atoms with Crippen molar-refractivity contribution < 1.29 is 14.7 Å². The Morgan fingerprint density at radius 1 is 1.47 bits per heavy atom. The lowest BCUT2D eigenvalue weighted by atomic mass is 9.96. The van der Waals surface area contributed by atoms with Crippen LogP contribution in [0.1, 0.15) is 41.7 Å². The van der Waals surface area contributed by atoms with Gasteiger partial charge in [0.25, 0.3) is 5.56 Å². The first-order chi connectivity index (χ1) is 8.04. The van der Waals surface area contributed by atoms with Crippen molar-refractivity contribution in [3.8, 4) is 0 Å². The molecule has 1 aliphatic rings. The fourth-order valence-electron chi connectivity index (χ4n) is 2.17. The molecular formula is C12H13NO4. The van der Waals surface area contributed by atoms with Crippen LogP contribution in [-0.4, -0.2) is 21.4 Å². The Morgan fingerprint density at radius 2 is 2.18 bits per heavy atom. The van der Waals surface area contributed by atoms with E-state index in [0.29, 0.717) is 30.6 Å². The smallest absolute Gasteiger partial charge is 0.310 e. The quantitative estimate of drug-likeness (QED) is 0.848. The molecule has 0 spiro atoms. The number of nitrogens with zero attached hydrogens (tertiary/aromatic N) is 1. The predicted molar refractivity (Wildman–Crippen MR) is 60.3 cm³/mol. The van der Waals surface area contributed by atoms with Gasteiger partial charge in [0, 0.05) is 19.0 Å². The molecule has 0 saturated heterocycles. The summed E-state index contributed by atoms with van der Waals surface area (Å²) in [5, 5.41) is 9.04. The third-order valence-electron chi connectivity index (χ3n) is 3.11. The van der Waals surface area contributed by atoms with E-state index in [1.807, 2.05) is 0 Å². The summed E-state index contributed by atoms with van der Waals surface area (Å²) in [7, 11) is 0. The molecule has 0 aromatic carbocycles. The number of Topliss-reactive ketones (excluding diaryl/α,β-unsaturated/α-hetero) is 1. The Balaban J connectivity index is 2.55. The Labute approximate surface area is 97.7 Å². The molecule has 1 aliphatic heterocycles. The first kappa shape index (κ1) is 11.6. The molecule has 17 heavy (non-hydrogen) atoms. The average Bonchev–Trinajstić information content (AvgIpc) is 2.62. The van der Waals surface area contributed by atoms with Crippen LogP contribution in [0.2, 0.25) is 0 Å². The summed E-state index contributed by atoms with van der Waals surface area (Å²) in [6.45, 7) is 2.14. The number of carboxylic acids is 1. The second kappa shape index (κ2) is 4.16. The van der Waals surface area contributed by atoms with Gasteiger partial charge in [-0.1, -0.05) is 6.92 Å². The van der Waals surface area contributed by atoms with Crippen LogP contribution >= 0.6 is 0 Å². The fraction of sp³-hybridized carbons (Fsp3) is 0.417. The molecule has 0 aliphatic carbocycles. The zero-order chi connectivity index (χ0) is 12.6. The van der Waals surface area contributed by atoms with Gasteiger partial charge in [-0.25, -0.2) is 0 Å². The molecule has 0 radical (unpaired) electrons. The van der Waals surface area contributed by atoms with Crippen molar-refractivity contribution in [2.24, 2.45) is 0 Å². The van der Waals surface area contributed by atoms with E-state index in [9.17, 15) is 14.4 Å². The fourth-order valence-corrected chi connectivity index (χ4v) is 2.17. The summed E-state index contributed by atoms with van der Waals surface area (Å²) in [5.41, 5.74) is 0.474. The number of carbonyl (C=O) groups excluding carboxylic acids is 1. The SMILES string of the molecule is CCC(C(=O)O)c1cc2n(c(=O)c1)CCC2=O. The van der Waals surface area contributed by atoms with Crippen LogP contribution in [0.3, 0.4) is 0 Å². The van der Waals surface area contributed by atoms with Crippen LogP contribution in [-0.2, 0) is 11.3 Å². The number of pyridine rings is 1. The van der Waals surface area contributed by atoms with Crippen molar-refractivity contribution in [1.29, 1.82) is 0 Å². The van der Waals surface area contributed by atoms with E-state index in [2.05, 4.69) is 0 Å². The molecule has 1 aromatic heterocycles. The summed E-state index contributed by atoms with van der Waals surface area (Å²) in [5.74, 6) is -1.78. The minimum Gasteiger partial charge on any atom is -0.481 e. The normalized spacial score (nSPS) is 15.7. The number of aromatic nitrogens is 1. The Bertz CT molecular complexity index is 544. The second-order valence-electron chi connectivity index (χ2n) is 4.14. The van der Waals surface area contributed by atoms with E-state index in [-0.39, 0.29) is 11.3 Å². The molecular weight excluding hydrogens is 222 g/mol. The molecule has 5 nitrogen and oxygen atoms in total. The molecule has 1 N–H and O–H groups in total. The number of ketones is 1. The van der Waals surface area contributed by atoms with E-state index in [1.165, 1.54) is 10.6 Å². The van der Waals surface area contributed by atoms with Crippen molar-refractivity contribution in [2.75, 3.05) is 0 Å². The molecule has 0 saturated carbocycles. The molecule has 2 rings (SSSR count). The second-order valence-corrected chi connectivity index (χ2v) is 4.14. The van der Waals surface area contributed by atoms with Crippen molar-refractivity contribution in [1.82, 2.24) is 4.57 Å². The Kier molecular flexibility index (Phi) is 2.83. The lowest BCUT2D eigenvalue weighted by Gasteiger charge is -2.11. The molecule has 5 heteroatoms. The van der Waals surface area contributed by atoms with E-state index < -0.39 is 11.9 Å². The number of rotatable bonds is 3. The topological polar surface area (TPSA) is 76.4 Å². The van der Waals surface area contributed by atoms with Gasteiger partial charge >= 0.3 is 5.97 Å². The maximum atomic E-state index is 11.7. The van der Waals surface area contributed by atoms with Crippen LogP contribution in [0, 0.1) is 0 Å². The highest BCUT2D eigenvalue weighted by atomic mass is 16.4. The van der Waals surface area contributed by atoms with Crippen molar-refractivity contribution in [3.05, 3.63) is 33.7 Å². The van der Waals surface area contributed by atoms with Crippen LogP contribution < -0.4 is 5.56 Å². The Hall–Kier alpha value is -1.91. The minimum absolute atomic E-state index is 0.0933. The van der Waals surface area contributed by atoms with E-state index in [4.69, 9.17) is 5.11 Å². The summed E-state index contributed by atoms with van der Waals surface area (Å²) < 4.78 is 1.40. The monoisotopic (exact) mass is 235 g/mol. The van der Waals surface area contributed by atoms with E-state index >= 15 is 0 Å². The number of carboxylic acid groups (broad SMARTS) is 1. The highest BCUT2D eigenvalue weighted by molar-refractivity contribution is 5.96. The Morgan fingerprint density at radius 3 is 2.76 bits per heavy atom. The number of hydrogen-bond donors (Lipinski definition) is 1. The van der Waals surface area contributed by atoms with E-state index in [1.54, 1.807) is 13.0 Å². The zero-order valence-corrected chi connectivity index (χ0v) is 9.47. The first-order valence-electron chi connectivity index (χ1n) is 5.55. The zero-order valence-electron chi connectivity index (χ0n) is 9.47. The summed E-state index contributed by atoms with van der Waals surface area (Å²) in [6.07, 6.45) is 0.717. The molecule has 0 amide bonds. The van der Waals surface area contributed by atoms with Gasteiger partial charge < -0.3 is 9.67 Å². The highest BCUT2D eigenvalue weighted by Crippen LogP contribution is 2.22. The standard InChI is InChI=1S/C12H13NO4/c1-2-8(12(16)17)7-5-9-10(14)3-4-13(9)11(15)6-7/h5-6,8H,2-4H2,1H3,(H,16,17). The largest absolute Gasteiger partial charge is 0.481 e. The summed E-state index contributed by atoms with van der Waals surface area (Å²) in [6, 6.07) is 2.86. The van der Waals surface area contributed by atoms with Gasteiger partial charge in [0.1, 0.15) is 0 Å². The van der Waals surface area contributed by atoms with Gasteiger partial charge in [-0.15, -0.1) is 0 Å². The van der Waals surface area contributed by atoms with Crippen LogP contribution in [0.5, 0.6) is 0 Å². The number of aliphatic carboxylic acids is 1. The molecule has 1 atom stereocenters. The molecule has 90 valence electrons. The summed E-state index contributed by atoms with van der Waals surface area (Å²) in [4.78, 5) is 34.3. The minimum atomic E-state index is -0.970. The lowest BCUT2D eigenvalue weighted by Crippen LogP contribution is -2.22. The van der Waals surface area contributed by atoms with Crippen molar-refractivity contribution >= 4 is 11.8 Å². The lowest BCUT2D eigenvalue weighted by molar-refractivity contribution is -0.138. The average molecular weight is 235 g/mol. The van der Waals surface area contributed by atoms with Gasteiger partial charge in [0.2, 0.25) is 0 Å². The van der Waals surface area contributed by atoms with Crippen LogP contribution in [0.4, 0.5) is 0 Å². The third-order valence-corrected chi connectivity index (χ3v) is 3.11. The molecule has 2 heterocycles. The number of hydrogen-bond acceptors (Lipinski definition) is 3. The van der Waals surface area contributed by atoms with Gasteiger partial charge in [0.15, 0.2) is 5.78 Å². The van der Waals surface area contributed by atoms with Gasteiger partial charge in [-0.2, -0.15) is 0 Å². The summed E-state index contributed by atoms with van der Waals surface area (Å²) >= 11 is 0. The van der Waals surface area contributed by atoms with Gasteiger partial charge in [-0.3, -0.25) is 14.4 Å². The van der Waals surface area contributed by atoms with E-state index in [0.717, 1.165) is 0 Å². The van der Waals surface area contributed by atoms with Crippen molar-refractivity contribution in [2.45, 2.75) is 32.2 Å². The third kappa shape index (κ3) is 1.88. The maximum absolute atomic E-state index is 11.7. The first-order valence-corrected chi connectivity index (χ1v) is 5.55. The van der Waals surface area contributed by atoms with Gasteiger partial charge in [-0.05, 0) is 18.1 Å². The van der Waals surface area contributed by atoms with Crippen LogP contribution in [0.25, 0.3) is 0 Å². The highest BCUT2D eigenvalue weighted by Gasteiger charge is 2.25. The maximum Gasteiger partial charge on any atom is 0.310 e. The predicted octanol–water partition coefficient (Wildman–Crippen LogP) is 1.01. The molecule has 0 fully saturated rings. The number of carbonyl (C=O) groups is 2. The van der Waals surface area contributed by atoms with Gasteiger partial charge in [0.05, 0.1) is 11.6 Å². The van der Waals surface area contributed by atoms with Crippen LogP contribution in [0.15, 0.2) is 16.9 Å². The molecule has 0 bridgehead atoms. The molecule has 1 aromatic rings. The number of fused-ring (bicyclic) bond motifs is 1. The van der Waals surface area contributed by atoms with Crippen molar-refractivity contribution in [3.63, 3.8) is 0 Å². The molecule has 1 unspecified atom stereocenters.